The van der Waals surface area contributed by atoms with Gasteiger partial charge in [0.1, 0.15) is 0 Å². The molecule has 0 fully saturated rings. The van der Waals surface area contributed by atoms with Gasteiger partial charge in [0.15, 0.2) is 5.82 Å². The average Bonchev–Trinajstić information content (AvgIpc) is 3.17. The van der Waals surface area contributed by atoms with Crippen molar-refractivity contribution in [3.8, 4) is 10.7 Å². The normalized spacial score (nSPS) is 14.2. The third kappa shape index (κ3) is 3.29. The number of thiophene rings is 1. The van der Waals surface area contributed by atoms with Crippen molar-refractivity contribution in [2.75, 3.05) is 6.54 Å². The average molecular weight is 368 g/mol. The number of aromatic amines is 1. The molecule has 0 radical (unpaired) electrons. The topological polar surface area (TPSA) is 92.1 Å². The number of aromatic nitrogens is 2. The lowest BCUT2D eigenvalue weighted by Crippen LogP contribution is -2.35. The van der Waals surface area contributed by atoms with E-state index in [1.165, 1.54) is 12.1 Å². The fourth-order valence-electron chi connectivity index (χ4n) is 3.13. The van der Waals surface area contributed by atoms with E-state index >= 15 is 0 Å². The Kier molecular flexibility index (Phi) is 4.36. The van der Waals surface area contributed by atoms with Crippen LogP contribution < -0.4 is 5.56 Å². The molecular formula is C18H16N4O3S. The molecule has 0 amide bonds. The summed E-state index contributed by atoms with van der Waals surface area (Å²) in [6, 6.07) is 10.4. The molecule has 3 aromatic rings. The van der Waals surface area contributed by atoms with Crippen molar-refractivity contribution >= 4 is 17.0 Å². The van der Waals surface area contributed by atoms with Crippen molar-refractivity contribution in [2.24, 2.45) is 0 Å². The van der Waals surface area contributed by atoms with Crippen LogP contribution in [0.15, 0.2) is 46.6 Å². The number of non-ortho nitro benzene ring substituents is 1. The molecule has 7 nitrogen and oxygen atoms in total. The van der Waals surface area contributed by atoms with Gasteiger partial charge in [-0.05, 0) is 17.0 Å². The first kappa shape index (κ1) is 16.6. The van der Waals surface area contributed by atoms with Crippen LogP contribution in [0, 0.1) is 10.1 Å². The van der Waals surface area contributed by atoms with E-state index in [0.29, 0.717) is 30.9 Å². The number of nitro groups is 1. The van der Waals surface area contributed by atoms with Crippen LogP contribution >= 0.6 is 11.3 Å². The Balaban J connectivity index is 1.53. The zero-order valence-electron chi connectivity index (χ0n) is 13.8. The van der Waals surface area contributed by atoms with Crippen LogP contribution in [0.3, 0.4) is 0 Å². The van der Waals surface area contributed by atoms with Gasteiger partial charge in [0.25, 0.3) is 11.2 Å². The lowest BCUT2D eigenvalue weighted by Gasteiger charge is -2.27. The highest BCUT2D eigenvalue weighted by Crippen LogP contribution is 2.23. The van der Waals surface area contributed by atoms with Crippen LogP contribution in [0.25, 0.3) is 10.7 Å². The number of benzene rings is 1. The molecule has 3 heterocycles. The van der Waals surface area contributed by atoms with Crippen molar-refractivity contribution in [3.63, 3.8) is 0 Å². The summed E-state index contributed by atoms with van der Waals surface area (Å²) in [5.74, 6) is 0.632. The highest BCUT2D eigenvalue weighted by Gasteiger charge is 2.22. The molecule has 8 heteroatoms. The number of nitro benzene ring substituents is 1. The van der Waals surface area contributed by atoms with Gasteiger partial charge in [0, 0.05) is 38.2 Å². The first-order valence-electron chi connectivity index (χ1n) is 8.22. The Morgan fingerprint density at radius 2 is 2.08 bits per heavy atom. The Labute approximate surface area is 153 Å². The molecule has 0 saturated heterocycles. The number of H-pyrrole nitrogens is 1. The zero-order chi connectivity index (χ0) is 18.1. The summed E-state index contributed by atoms with van der Waals surface area (Å²) in [6.07, 6.45) is 0.713. The maximum Gasteiger partial charge on any atom is 0.269 e. The summed E-state index contributed by atoms with van der Waals surface area (Å²) in [4.78, 5) is 33.5. The van der Waals surface area contributed by atoms with Crippen LogP contribution in [0.5, 0.6) is 0 Å². The van der Waals surface area contributed by atoms with Gasteiger partial charge in [0.2, 0.25) is 0 Å². The molecule has 2 aromatic heterocycles. The Morgan fingerprint density at radius 3 is 2.77 bits per heavy atom. The van der Waals surface area contributed by atoms with E-state index in [-0.39, 0.29) is 11.2 Å². The number of hydrogen-bond donors (Lipinski definition) is 1. The fraction of sp³-hybridized carbons (Fsp3) is 0.222. The number of rotatable bonds is 4. The van der Waals surface area contributed by atoms with Gasteiger partial charge in [-0.2, -0.15) is 0 Å². The second-order valence-corrected chi connectivity index (χ2v) is 7.15. The minimum absolute atomic E-state index is 0.0829. The number of nitrogens with zero attached hydrogens (tertiary/aromatic N) is 3. The van der Waals surface area contributed by atoms with E-state index in [9.17, 15) is 14.9 Å². The molecule has 0 bridgehead atoms. The summed E-state index contributed by atoms with van der Waals surface area (Å²) < 4.78 is 0. The molecule has 0 aliphatic carbocycles. The summed E-state index contributed by atoms with van der Waals surface area (Å²) >= 11 is 1.55. The minimum Gasteiger partial charge on any atom is -0.306 e. The molecule has 132 valence electrons. The van der Waals surface area contributed by atoms with Gasteiger partial charge in [-0.3, -0.25) is 19.8 Å². The monoisotopic (exact) mass is 368 g/mol. The van der Waals surface area contributed by atoms with Gasteiger partial charge in [0.05, 0.1) is 21.1 Å². The lowest BCUT2D eigenvalue weighted by atomic mass is 10.1. The zero-order valence-corrected chi connectivity index (χ0v) is 14.7. The molecule has 26 heavy (non-hydrogen) atoms. The maximum atomic E-state index is 12.5. The van der Waals surface area contributed by atoms with E-state index in [0.717, 1.165) is 22.7 Å². The van der Waals surface area contributed by atoms with Crippen LogP contribution in [-0.4, -0.2) is 26.3 Å². The van der Waals surface area contributed by atoms with Crippen LogP contribution in [-0.2, 0) is 19.5 Å². The molecule has 4 rings (SSSR count). The number of nitrogens with one attached hydrogen (secondary N) is 1. The maximum absolute atomic E-state index is 12.5. The first-order chi connectivity index (χ1) is 12.6. The van der Waals surface area contributed by atoms with Crippen LogP contribution in [0.1, 0.15) is 16.8 Å². The van der Waals surface area contributed by atoms with E-state index in [4.69, 9.17) is 0 Å². The molecule has 0 spiro atoms. The molecule has 1 N–H and O–H groups in total. The molecule has 0 atom stereocenters. The standard InChI is InChI=1S/C18H16N4O3S/c23-18-14-11-21(10-12-3-5-13(6-4-12)22(24)25)8-7-15(14)19-17(20-18)16-2-1-9-26-16/h1-6,9H,7-8,10-11H2,(H,19,20,23). The molecule has 0 saturated carbocycles. The van der Waals surface area contributed by atoms with Gasteiger partial charge in [-0.1, -0.05) is 18.2 Å². The largest absolute Gasteiger partial charge is 0.306 e. The Bertz CT molecular complexity index is 996. The van der Waals surface area contributed by atoms with Crippen molar-refractivity contribution in [3.05, 3.63) is 79.1 Å². The number of hydrogen-bond acceptors (Lipinski definition) is 6. The predicted octanol–water partition coefficient (Wildman–Crippen LogP) is 2.96. The molecular weight excluding hydrogens is 352 g/mol. The molecule has 1 aliphatic rings. The van der Waals surface area contributed by atoms with Gasteiger partial charge in [-0.15, -0.1) is 11.3 Å². The van der Waals surface area contributed by atoms with Crippen molar-refractivity contribution in [1.82, 2.24) is 14.9 Å². The van der Waals surface area contributed by atoms with Crippen LogP contribution in [0.4, 0.5) is 5.69 Å². The summed E-state index contributed by atoms with van der Waals surface area (Å²) in [6.45, 7) is 1.97. The quantitative estimate of drug-likeness (QED) is 0.565. The summed E-state index contributed by atoms with van der Waals surface area (Å²) in [7, 11) is 0. The predicted molar refractivity (Wildman–Crippen MR) is 99.1 cm³/mol. The van der Waals surface area contributed by atoms with Gasteiger partial charge < -0.3 is 4.98 Å². The van der Waals surface area contributed by atoms with E-state index in [1.54, 1.807) is 23.5 Å². The van der Waals surface area contributed by atoms with Gasteiger partial charge in [-0.25, -0.2) is 4.98 Å². The minimum atomic E-state index is -0.405. The molecule has 1 aliphatic heterocycles. The first-order valence-corrected chi connectivity index (χ1v) is 9.10. The second-order valence-electron chi connectivity index (χ2n) is 6.20. The second kappa shape index (κ2) is 6.81. The third-order valence-electron chi connectivity index (χ3n) is 4.46. The third-order valence-corrected chi connectivity index (χ3v) is 5.33. The Hall–Kier alpha value is -2.84. The van der Waals surface area contributed by atoms with Crippen molar-refractivity contribution < 1.29 is 4.92 Å². The SMILES string of the molecule is O=c1[nH]c(-c2cccs2)nc2c1CN(Cc1ccc([N+](=O)[O-])cc1)CC2. The fourth-order valence-corrected chi connectivity index (χ4v) is 3.80. The van der Waals surface area contributed by atoms with Gasteiger partial charge >= 0.3 is 0 Å². The summed E-state index contributed by atoms with van der Waals surface area (Å²) in [5, 5.41) is 12.7. The summed E-state index contributed by atoms with van der Waals surface area (Å²) in [5.41, 5.74) is 2.54. The smallest absolute Gasteiger partial charge is 0.269 e. The van der Waals surface area contributed by atoms with Crippen molar-refractivity contribution in [2.45, 2.75) is 19.5 Å². The number of fused-ring (bicyclic) bond motifs is 1. The van der Waals surface area contributed by atoms with Crippen LogP contribution in [0.2, 0.25) is 0 Å². The van der Waals surface area contributed by atoms with E-state index in [2.05, 4.69) is 14.9 Å². The van der Waals surface area contributed by atoms with E-state index in [1.807, 2.05) is 17.5 Å². The highest BCUT2D eigenvalue weighted by atomic mass is 32.1. The molecule has 1 aromatic carbocycles. The Morgan fingerprint density at radius 1 is 1.27 bits per heavy atom. The molecule has 0 unspecified atom stereocenters. The lowest BCUT2D eigenvalue weighted by molar-refractivity contribution is -0.384. The highest BCUT2D eigenvalue weighted by molar-refractivity contribution is 7.13. The van der Waals surface area contributed by atoms with E-state index < -0.39 is 4.92 Å². The van der Waals surface area contributed by atoms with Crippen molar-refractivity contribution in [1.29, 1.82) is 0 Å².